The third-order valence-electron chi connectivity index (χ3n) is 6.22. The number of cyclic esters (lactones) is 1. The largest absolute Gasteiger partial charge is 0.479 e. The van der Waals surface area contributed by atoms with Crippen molar-refractivity contribution in [3.63, 3.8) is 0 Å². The second-order valence-electron chi connectivity index (χ2n) is 8.40. The topological polar surface area (TPSA) is 67.9 Å². The number of carbonyl (C=O) groups is 2. The third kappa shape index (κ3) is 4.53. The number of alkyl halides is 3. The summed E-state index contributed by atoms with van der Waals surface area (Å²) in [6.07, 6.45) is -6.07. The number of carbonyl (C=O) groups excluding carboxylic acids is 2. The molecule has 170 valence electrons. The fourth-order valence-electron chi connectivity index (χ4n) is 4.59. The summed E-state index contributed by atoms with van der Waals surface area (Å²) in [5.74, 6) is -2.15. The van der Waals surface area contributed by atoms with Crippen molar-refractivity contribution in [2.45, 2.75) is 43.5 Å². The van der Waals surface area contributed by atoms with Crippen LogP contribution in [0.2, 0.25) is 5.02 Å². The van der Waals surface area contributed by atoms with Gasteiger partial charge in [0.05, 0.1) is 10.6 Å². The van der Waals surface area contributed by atoms with Crippen molar-refractivity contribution >= 4 is 23.6 Å². The molecule has 1 atom stereocenters. The zero-order valence-electron chi connectivity index (χ0n) is 16.4. The van der Waals surface area contributed by atoms with Crippen molar-refractivity contribution in [1.82, 2.24) is 10.2 Å². The number of nitrogens with one attached hydrogen (secondary N) is 1. The molecule has 1 aromatic rings. The van der Waals surface area contributed by atoms with E-state index in [9.17, 15) is 27.2 Å². The highest BCUT2D eigenvalue weighted by Crippen LogP contribution is 2.42. The lowest BCUT2D eigenvalue weighted by atomic mass is 9.68. The minimum absolute atomic E-state index is 0.115. The van der Waals surface area contributed by atoms with Crippen molar-refractivity contribution in [2.75, 3.05) is 19.7 Å². The van der Waals surface area contributed by atoms with Crippen LogP contribution in [0.1, 0.15) is 25.7 Å². The van der Waals surface area contributed by atoms with Gasteiger partial charge in [-0.3, -0.25) is 4.79 Å². The van der Waals surface area contributed by atoms with E-state index in [1.165, 1.54) is 0 Å². The van der Waals surface area contributed by atoms with E-state index in [0.717, 1.165) is 18.2 Å². The van der Waals surface area contributed by atoms with Crippen molar-refractivity contribution in [2.24, 2.45) is 11.8 Å². The van der Waals surface area contributed by atoms with E-state index in [1.54, 1.807) is 4.90 Å². The van der Waals surface area contributed by atoms with E-state index in [4.69, 9.17) is 21.1 Å². The average Bonchev–Trinajstić information content (AvgIpc) is 3.07. The SMILES string of the molecule is O=C1N[C@]2(CO1)C[C@@H](C(=O)N1CCC(C(Oc3ccc(F)cc3Cl)C(F)(F)F)CC1)C2. The van der Waals surface area contributed by atoms with Crippen LogP contribution in [0.3, 0.4) is 0 Å². The van der Waals surface area contributed by atoms with Gasteiger partial charge in [-0.1, -0.05) is 11.6 Å². The number of amides is 2. The Morgan fingerprint density at radius 1 is 1.29 bits per heavy atom. The molecule has 2 saturated heterocycles. The maximum absolute atomic E-state index is 13.7. The lowest BCUT2D eigenvalue weighted by molar-refractivity contribution is -0.214. The Morgan fingerprint density at radius 2 is 1.97 bits per heavy atom. The summed E-state index contributed by atoms with van der Waals surface area (Å²) >= 11 is 5.82. The van der Waals surface area contributed by atoms with Gasteiger partial charge in [-0.25, -0.2) is 9.18 Å². The monoisotopic (exact) mass is 464 g/mol. The quantitative estimate of drug-likeness (QED) is 0.686. The first kappa shape index (κ1) is 22.0. The van der Waals surface area contributed by atoms with Gasteiger partial charge in [0.15, 0.2) is 6.10 Å². The molecule has 11 heteroatoms. The number of ether oxygens (including phenoxy) is 2. The molecule has 1 unspecified atom stereocenters. The number of likely N-dealkylation sites (tertiary alicyclic amines) is 1. The number of benzene rings is 1. The van der Waals surface area contributed by atoms with Crippen LogP contribution in [0.15, 0.2) is 18.2 Å². The summed E-state index contributed by atoms with van der Waals surface area (Å²) in [5.41, 5.74) is -0.487. The van der Waals surface area contributed by atoms with Gasteiger partial charge in [-0.15, -0.1) is 0 Å². The van der Waals surface area contributed by atoms with Crippen LogP contribution in [0.25, 0.3) is 0 Å². The van der Waals surface area contributed by atoms with Crippen LogP contribution in [0.5, 0.6) is 5.75 Å². The first-order valence-corrected chi connectivity index (χ1v) is 10.4. The van der Waals surface area contributed by atoms with Crippen molar-refractivity contribution in [3.05, 3.63) is 29.0 Å². The Labute approximate surface area is 180 Å². The first-order chi connectivity index (χ1) is 14.6. The first-order valence-electron chi connectivity index (χ1n) is 9.98. The summed E-state index contributed by atoms with van der Waals surface area (Å²) < 4.78 is 64.3. The number of hydrogen-bond donors (Lipinski definition) is 1. The zero-order chi connectivity index (χ0) is 22.4. The zero-order valence-corrected chi connectivity index (χ0v) is 17.1. The molecule has 0 aromatic heterocycles. The number of piperidine rings is 1. The number of rotatable bonds is 4. The molecule has 1 aromatic carbocycles. The Balaban J connectivity index is 1.34. The maximum atomic E-state index is 13.7. The van der Waals surface area contributed by atoms with E-state index in [-0.39, 0.29) is 55.1 Å². The minimum atomic E-state index is -4.64. The highest BCUT2D eigenvalue weighted by molar-refractivity contribution is 6.32. The van der Waals surface area contributed by atoms with E-state index >= 15 is 0 Å². The normalized spacial score (nSPS) is 27.5. The van der Waals surface area contributed by atoms with Crippen LogP contribution in [-0.2, 0) is 9.53 Å². The van der Waals surface area contributed by atoms with Gasteiger partial charge in [0.25, 0.3) is 0 Å². The molecule has 1 N–H and O–H groups in total. The van der Waals surface area contributed by atoms with E-state index in [1.807, 2.05) is 0 Å². The Kier molecular flexibility index (Phi) is 5.70. The molecule has 0 radical (unpaired) electrons. The molecule has 4 rings (SSSR count). The summed E-state index contributed by atoms with van der Waals surface area (Å²) in [6, 6.07) is 2.96. The Bertz CT molecular complexity index is 867. The molecule has 1 saturated carbocycles. The maximum Gasteiger partial charge on any atom is 0.425 e. The van der Waals surface area contributed by atoms with Crippen molar-refractivity contribution in [1.29, 1.82) is 0 Å². The van der Waals surface area contributed by atoms with Gasteiger partial charge in [-0.05, 0) is 43.9 Å². The molecule has 3 fully saturated rings. The van der Waals surface area contributed by atoms with Crippen LogP contribution in [-0.4, -0.2) is 54.4 Å². The van der Waals surface area contributed by atoms with E-state index in [0.29, 0.717) is 12.8 Å². The fourth-order valence-corrected chi connectivity index (χ4v) is 4.80. The Morgan fingerprint density at radius 3 is 2.52 bits per heavy atom. The number of hydrogen-bond acceptors (Lipinski definition) is 4. The fraction of sp³-hybridized carbons (Fsp3) is 0.600. The highest BCUT2D eigenvalue weighted by atomic mass is 35.5. The molecule has 0 bridgehead atoms. The average molecular weight is 465 g/mol. The smallest absolute Gasteiger partial charge is 0.425 e. The van der Waals surface area contributed by atoms with Crippen molar-refractivity contribution in [3.8, 4) is 5.75 Å². The molecule has 1 spiro atoms. The predicted molar refractivity (Wildman–Crippen MR) is 101 cm³/mol. The molecule has 2 heterocycles. The van der Waals surface area contributed by atoms with Crippen molar-refractivity contribution < 1.29 is 36.6 Å². The Hall–Kier alpha value is -2.23. The van der Waals surface area contributed by atoms with Crippen LogP contribution < -0.4 is 10.1 Å². The molecule has 2 amide bonds. The van der Waals surface area contributed by atoms with Crippen LogP contribution >= 0.6 is 11.6 Å². The number of nitrogens with zero attached hydrogens (tertiary/aromatic N) is 1. The minimum Gasteiger partial charge on any atom is -0.479 e. The standard InChI is InChI=1S/C20H21ClF4N2O4/c21-14-7-13(22)1-2-15(14)31-16(20(23,24)25)11-3-5-27(6-4-11)17(28)12-8-19(9-12)10-30-18(29)26-19/h1-2,7,11-12,16H,3-6,8-10H2,(H,26,29)/t12-,16?,19-. The number of alkyl carbamates (subject to hydrolysis) is 1. The highest BCUT2D eigenvalue weighted by Gasteiger charge is 2.54. The van der Waals surface area contributed by atoms with Gasteiger partial charge in [-0.2, -0.15) is 13.2 Å². The van der Waals surface area contributed by atoms with Crippen LogP contribution in [0, 0.1) is 17.7 Å². The molecular formula is C20H21ClF4N2O4. The lowest BCUT2D eigenvalue weighted by Gasteiger charge is -2.45. The van der Waals surface area contributed by atoms with E-state index in [2.05, 4.69) is 5.32 Å². The second kappa shape index (κ2) is 8.03. The summed E-state index contributed by atoms with van der Waals surface area (Å²) in [4.78, 5) is 25.5. The van der Waals surface area contributed by atoms with E-state index < -0.39 is 35.6 Å². The summed E-state index contributed by atoms with van der Waals surface area (Å²) in [7, 11) is 0. The lowest BCUT2D eigenvalue weighted by Crippen LogP contribution is -2.59. The van der Waals surface area contributed by atoms with Gasteiger partial charge >= 0.3 is 12.3 Å². The molecule has 2 aliphatic heterocycles. The molecule has 1 aliphatic carbocycles. The number of halogens is 5. The van der Waals surface area contributed by atoms with Crippen LogP contribution in [0.4, 0.5) is 22.4 Å². The second-order valence-corrected chi connectivity index (χ2v) is 8.81. The predicted octanol–water partition coefficient (Wildman–Crippen LogP) is 3.92. The summed E-state index contributed by atoms with van der Waals surface area (Å²) in [5, 5.41) is 2.48. The molecule has 3 aliphatic rings. The van der Waals surface area contributed by atoms with Gasteiger partial charge < -0.3 is 19.7 Å². The molecule has 6 nitrogen and oxygen atoms in total. The van der Waals surface area contributed by atoms with Gasteiger partial charge in [0.1, 0.15) is 18.2 Å². The molecular weight excluding hydrogens is 444 g/mol. The third-order valence-corrected chi connectivity index (χ3v) is 6.52. The van der Waals surface area contributed by atoms with Gasteiger partial charge in [0, 0.05) is 24.9 Å². The van der Waals surface area contributed by atoms with Gasteiger partial charge in [0.2, 0.25) is 5.91 Å². The molecule has 31 heavy (non-hydrogen) atoms. The summed E-state index contributed by atoms with van der Waals surface area (Å²) in [6.45, 7) is 0.597.